The number of aliphatic imine (C=N–C) groups is 3. The second-order valence-electron chi connectivity index (χ2n) is 6.19. The molecule has 1 aromatic rings. The van der Waals surface area contributed by atoms with Gasteiger partial charge < -0.3 is 10.1 Å². The molecule has 1 N–H and O–H groups in total. The molecule has 6 nitrogen and oxygen atoms in total. The Kier molecular flexibility index (Phi) is 3.80. The highest BCUT2D eigenvalue weighted by molar-refractivity contribution is 6.15. The van der Waals surface area contributed by atoms with Crippen molar-refractivity contribution in [3.8, 4) is 5.75 Å². The number of ketones is 1. The number of nitrogens with one attached hydrogen (secondary N) is 1. The van der Waals surface area contributed by atoms with Crippen LogP contribution >= 0.6 is 0 Å². The molecular weight excluding hydrogens is 316 g/mol. The maximum absolute atomic E-state index is 12.2. The molecule has 25 heavy (non-hydrogen) atoms. The van der Waals surface area contributed by atoms with E-state index in [4.69, 9.17) is 4.74 Å². The summed E-state index contributed by atoms with van der Waals surface area (Å²) in [6.45, 7) is 0.447. The van der Waals surface area contributed by atoms with Crippen LogP contribution in [0.1, 0.15) is 12.8 Å². The fraction of sp³-hybridized carbons (Fsp3) is 0.263. The van der Waals surface area contributed by atoms with E-state index in [-0.39, 0.29) is 5.78 Å². The number of guanidine groups is 1. The minimum Gasteiger partial charge on any atom is -0.495 e. The van der Waals surface area contributed by atoms with Gasteiger partial charge in [0.1, 0.15) is 11.5 Å². The number of ether oxygens (including phenoxy) is 1. The molecule has 2 heterocycles. The predicted molar refractivity (Wildman–Crippen MR) is 98.7 cm³/mol. The van der Waals surface area contributed by atoms with Gasteiger partial charge in [-0.2, -0.15) is 0 Å². The SMILES string of the molecule is COc1ccccc1NC1=NCC23CC(=O)CC=NC2=CC=CC3=N1. The first-order valence-corrected chi connectivity index (χ1v) is 8.18. The monoisotopic (exact) mass is 334 g/mol. The van der Waals surface area contributed by atoms with Crippen LogP contribution in [0.25, 0.3) is 0 Å². The summed E-state index contributed by atoms with van der Waals surface area (Å²) in [7, 11) is 1.63. The lowest BCUT2D eigenvalue weighted by molar-refractivity contribution is -0.118. The van der Waals surface area contributed by atoms with Gasteiger partial charge in [0, 0.05) is 19.1 Å². The lowest BCUT2D eigenvalue weighted by atomic mass is 9.72. The molecule has 0 bridgehead atoms. The summed E-state index contributed by atoms with van der Waals surface area (Å²) in [5.41, 5.74) is 1.95. The summed E-state index contributed by atoms with van der Waals surface area (Å²) < 4.78 is 5.36. The van der Waals surface area contributed by atoms with E-state index in [1.54, 1.807) is 13.3 Å². The number of anilines is 1. The number of hydrogen-bond donors (Lipinski definition) is 1. The third-order valence-electron chi connectivity index (χ3n) is 4.62. The third-order valence-corrected chi connectivity index (χ3v) is 4.62. The second kappa shape index (κ2) is 6.12. The van der Waals surface area contributed by atoms with Crippen molar-refractivity contribution < 1.29 is 9.53 Å². The number of allylic oxidation sites excluding steroid dienone is 3. The Bertz CT molecular complexity index is 879. The number of methoxy groups -OCH3 is 1. The van der Waals surface area contributed by atoms with Gasteiger partial charge in [0.2, 0.25) is 5.96 Å². The molecule has 1 spiro atoms. The van der Waals surface area contributed by atoms with Crippen molar-refractivity contribution in [1.29, 1.82) is 0 Å². The Hall–Kier alpha value is -3.02. The first kappa shape index (κ1) is 15.5. The summed E-state index contributed by atoms with van der Waals surface area (Å²) >= 11 is 0. The number of para-hydroxylation sites is 2. The molecule has 0 radical (unpaired) electrons. The number of Topliss-reactive ketones (excluding diaryl/α,β-unsaturated/α-hetero) is 1. The van der Waals surface area contributed by atoms with Crippen LogP contribution in [-0.4, -0.2) is 37.3 Å². The summed E-state index contributed by atoms with van der Waals surface area (Å²) in [6.07, 6.45) is 8.24. The molecular formula is C19H18N4O2. The zero-order valence-electron chi connectivity index (χ0n) is 13.9. The molecule has 2 aliphatic heterocycles. The summed E-state index contributed by atoms with van der Waals surface area (Å²) in [6, 6.07) is 7.61. The van der Waals surface area contributed by atoms with Crippen molar-refractivity contribution in [2.75, 3.05) is 19.0 Å². The molecule has 0 saturated carbocycles. The van der Waals surface area contributed by atoms with Crippen LogP contribution in [0.3, 0.4) is 0 Å². The van der Waals surface area contributed by atoms with E-state index in [1.807, 2.05) is 42.5 Å². The van der Waals surface area contributed by atoms with Gasteiger partial charge in [-0.25, -0.2) is 9.98 Å². The van der Waals surface area contributed by atoms with Gasteiger partial charge in [0.15, 0.2) is 0 Å². The highest BCUT2D eigenvalue weighted by atomic mass is 16.5. The standard InChI is InChI=1S/C19H18N4O2/c1-25-15-6-3-2-5-14(15)22-18-21-12-19-11-13(24)9-10-20-16(19)7-4-8-17(19)23-18/h2-8,10H,9,11-12H2,1H3,(H,21,22). The normalized spacial score (nSPS) is 24.4. The highest BCUT2D eigenvalue weighted by Crippen LogP contribution is 2.41. The van der Waals surface area contributed by atoms with Gasteiger partial charge in [0.05, 0.1) is 36.2 Å². The maximum atomic E-state index is 12.2. The van der Waals surface area contributed by atoms with Crippen LogP contribution in [0, 0.1) is 5.41 Å². The molecule has 0 amide bonds. The quantitative estimate of drug-likeness (QED) is 0.903. The van der Waals surface area contributed by atoms with Gasteiger partial charge >= 0.3 is 0 Å². The Morgan fingerprint density at radius 2 is 2.16 bits per heavy atom. The molecule has 1 atom stereocenters. The molecule has 0 aromatic heterocycles. The van der Waals surface area contributed by atoms with Gasteiger partial charge in [-0.1, -0.05) is 18.2 Å². The average molecular weight is 334 g/mol. The predicted octanol–water partition coefficient (Wildman–Crippen LogP) is 2.79. The average Bonchev–Trinajstić information content (AvgIpc) is 2.79. The van der Waals surface area contributed by atoms with E-state index in [2.05, 4.69) is 20.3 Å². The summed E-state index contributed by atoms with van der Waals surface area (Å²) in [5.74, 6) is 1.39. The molecule has 3 aliphatic rings. The topological polar surface area (TPSA) is 75.4 Å². The lowest BCUT2D eigenvalue weighted by Crippen LogP contribution is -2.41. The molecule has 6 heteroatoms. The van der Waals surface area contributed by atoms with Gasteiger partial charge in [-0.05, 0) is 24.3 Å². The highest BCUT2D eigenvalue weighted by Gasteiger charge is 2.44. The van der Waals surface area contributed by atoms with Crippen molar-refractivity contribution in [1.82, 2.24) is 0 Å². The molecule has 4 rings (SSSR count). The lowest BCUT2D eigenvalue weighted by Gasteiger charge is -2.35. The van der Waals surface area contributed by atoms with E-state index >= 15 is 0 Å². The Labute approximate surface area is 145 Å². The van der Waals surface area contributed by atoms with Crippen LogP contribution in [0.5, 0.6) is 5.75 Å². The number of nitrogens with zero attached hydrogens (tertiary/aromatic N) is 3. The van der Waals surface area contributed by atoms with Crippen LogP contribution in [0.15, 0.2) is 63.2 Å². The molecule has 1 aromatic carbocycles. The Balaban J connectivity index is 1.66. The summed E-state index contributed by atoms with van der Waals surface area (Å²) in [5, 5.41) is 3.21. The Morgan fingerprint density at radius 1 is 1.28 bits per heavy atom. The molecule has 1 unspecified atom stereocenters. The van der Waals surface area contributed by atoms with Crippen LogP contribution in [0.2, 0.25) is 0 Å². The first-order chi connectivity index (χ1) is 12.2. The largest absolute Gasteiger partial charge is 0.495 e. The molecule has 1 aliphatic carbocycles. The van der Waals surface area contributed by atoms with Crippen molar-refractivity contribution in [2.24, 2.45) is 20.4 Å². The van der Waals surface area contributed by atoms with E-state index in [9.17, 15) is 4.79 Å². The second-order valence-corrected chi connectivity index (χ2v) is 6.19. The molecule has 126 valence electrons. The van der Waals surface area contributed by atoms with Crippen LogP contribution < -0.4 is 10.1 Å². The van der Waals surface area contributed by atoms with E-state index in [0.29, 0.717) is 25.3 Å². The summed E-state index contributed by atoms with van der Waals surface area (Å²) in [4.78, 5) is 25.9. The molecule has 0 saturated heterocycles. The van der Waals surface area contributed by atoms with Crippen molar-refractivity contribution >= 4 is 29.4 Å². The van der Waals surface area contributed by atoms with Gasteiger partial charge in [0.25, 0.3) is 0 Å². The first-order valence-electron chi connectivity index (χ1n) is 8.18. The zero-order chi connectivity index (χ0) is 17.3. The number of benzene rings is 1. The number of hydrogen-bond acceptors (Lipinski definition) is 6. The van der Waals surface area contributed by atoms with Crippen molar-refractivity contribution in [3.63, 3.8) is 0 Å². The maximum Gasteiger partial charge on any atom is 0.222 e. The van der Waals surface area contributed by atoms with Crippen molar-refractivity contribution in [2.45, 2.75) is 12.8 Å². The number of carbonyl (C=O) groups is 1. The minimum atomic E-state index is -0.537. The Morgan fingerprint density at radius 3 is 3.04 bits per heavy atom. The smallest absolute Gasteiger partial charge is 0.222 e. The minimum absolute atomic E-state index is 0.159. The third kappa shape index (κ3) is 2.69. The van der Waals surface area contributed by atoms with Crippen LogP contribution in [-0.2, 0) is 4.79 Å². The number of rotatable bonds is 2. The van der Waals surface area contributed by atoms with E-state index in [1.165, 1.54) is 0 Å². The van der Waals surface area contributed by atoms with Crippen molar-refractivity contribution in [3.05, 3.63) is 48.2 Å². The van der Waals surface area contributed by atoms with Crippen LogP contribution in [0.4, 0.5) is 5.69 Å². The van der Waals surface area contributed by atoms with Gasteiger partial charge in [-0.15, -0.1) is 0 Å². The fourth-order valence-corrected chi connectivity index (χ4v) is 3.34. The van der Waals surface area contributed by atoms with E-state index in [0.717, 1.165) is 22.8 Å². The number of carbonyl (C=O) groups excluding carboxylic acids is 1. The van der Waals surface area contributed by atoms with E-state index < -0.39 is 5.41 Å². The van der Waals surface area contributed by atoms with Gasteiger partial charge in [-0.3, -0.25) is 9.79 Å². The zero-order valence-corrected chi connectivity index (χ0v) is 13.9. The molecule has 0 fully saturated rings. The fourth-order valence-electron chi connectivity index (χ4n) is 3.34.